The first kappa shape index (κ1) is 41.8. The van der Waals surface area contributed by atoms with Crippen LogP contribution in [-0.2, 0) is 61.9 Å². The van der Waals surface area contributed by atoms with E-state index < -0.39 is 109 Å². The Morgan fingerprint density at radius 3 is 1.90 bits per heavy atom. The number of esters is 5. The zero-order valence-corrected chi connectivity index (χ0v) is 28.3. The van der Waals surface area contributed by atoms with Crippen molar-refractivity contribution >= 4 is 35.8 Å². The molecule has 1 amide bonds. The Hall–Kier alpha value is -5.37. The molecule has 2 N–H and O–H groups in total. The summed E-state index contributed by atoms with van der Waals surface area (Å²) in [5.41, 5.74) is 27.4. The molecule has 24 heteroatoms. The molecule has 2 aliphatic rings. The predicted octanol–water partition coefficient (Wildman–Crippen LogP) is 1.08. The molecule has 1 saturated carbocycles. The molecule has 24 nitrogen and oxygen atoms in total. The summed E-state index contributed by atoms with van der Waals surface area (Å²) in [5.74, 6) is -5.27. The molecule has 0 aromatic carbocycles. The van der Waals surface area contributed by atoms with E-state index in [1.54, 1.807) is 0 Å². The summed E-state index contributed by atoms with van der Waals surface area (Å²) in [6, 6.07) is -4.35. The number of amides is 1. The SMILES string of the molecule is CC(=O)O[C@@H](CCN=[N+]=[N-])C(=O)N[C@@H]1CC(N=[N+]=[N-])[C@@H](O[C@H]2OC([C@@H](C)OC(C)=O)[C@@H](OC(C)=O)[C@H](OC(C)=O)C2N=[N+]=[N-])C(O)[C@@H]1OC(C)=O. The van der Waals surface area contributed by atoms with E-state index in [1.165, 1.54) is 6.92 Å². The standard InChI is InChI=1S/C27H38N10O14/c1-10(45-11(2)38)21-25(49-15(6)42)24(48-14(5)41)19(34-37-30)27(50-21)51-23-17(33-36-29)9-16(22(20(23)43)47-13(4)40)32-26(44)18(46-12(3)39)7-8-31-35-28/h10,16-25,27,43H,7-9H2,1-6H3,(H,32,44)/t10-,16-,17?,18+,19?,20?,21?,22-,23-,24-,25-,27-/m1/s1. The van der Waals surface area contributed by atoms with Gasteiger partial charge < -0.3 is 43.6 Å². The van der Waals surface area contributed by atoms with E-state index in [2.05, 4.69) is 35.4 Å². The molecule has 2 fully saturated rings. The van der Waals surface area contributed by atoms with Crippen LogP contribution >= 0.6 is 0 Å². The Bertz CT molecular complexity index is 1460. The molecule has 0 aromatic heterocycles. The first-order valence-corrected chi connectivity index (χ1v) is 15.3. The third-order valence-electron chi connectivity index (χ3n) is 7.38. The highest BCUT2D eigenvalue weighted by molar-refractivity contribution is 5.83. The van der Waals surface area contributed by atoms with Gasteiger partial charge in [-0.15, -0.1) is 0 Å². The minimum absolute atomic E-state index is 0.237. The minimum atomic E-state index is -1.93. The van der Waals surface area contributed by atoms with Crippen molar-refractivity contribution in [2.24, 2.45) is 15.3 Å². The summed E-state index contributed by atoms with van der Waals surface area (Å²) in [6.07, 6.45) is -14.9. The zero-order chi connectivity index (χ0) is 38.4. The number of hydrogen-bond acceptors (Lipinski definition) is 17. The monoisotopic (exact) mass is 726 g/mol. The van der Waals surface area contributed by atoms with Gasteiger partial charge in [0, 0.05) is 55.9 Å². The number of rotatable bonds is 15. The predicted molar refractivity (Wildman–Crippen MR) is 164 cm³/mol. The average Bonchev–Trinajstić information content (AvgIpc) is 3.01. The number of carbonyl (C=O) groups excluding carboxylic acids is 6. The number of azide groups is 3. The fraction of sp³-hybridized carbons (Fsp3) is 0.778. The van der Waals surface area contributed by atoms with Crippen LogP contribution in [0.2, 0.25) is 0 Å². The van der Waals surface area contributed by atoms with Crippen molar-refractivity contribution in [3.63, 3.8) is 0 Å². The summed E-state index contributed by atoms with van der Waals surface area (Å²) >= 11 is 0. The van der Waals surface area contributed by atoms with Crippen molar-refractivity contribution in [1.82, 2.24) is 5.32 Å². The lowest BCUT2D eigenvalue weighted by molar-refractivity contribution is -0.305. The Morgan fingerprint density at radius 1 is 0.804 bits per heavy atom. The van der Waals surface area contributed by atoms with Crippen LogP contribution in [0.3, 0.4) is 0 Å². The van der Waals surface area contributed by atoms with Crippen LogP contribution in [0.4, 0.5) is 0 Å². The van der Waals surface area contributed by atoms with E-state index in [0.29, 0.717) is 0 Å². The molecule has 1 aliphatic carbocycles. The first-order valence-electron chi connectivity index (χ1n) is 15.3. The van der Waals surface area contributed by atoms with Crippen LogP contribution in [0.1, 0.15) is 54.4 Å². The van der Waals surface area contributed by atoms with Crippen LogP contribution < -0.4 is 5.32 Å². The normalized spacial score (nSPS) is 29.5. The van der Waals surface area contributed by atoms with E-state index in [4.69, 9.17) is 38.7 Å². The number of nitrogens with one attached hydrogen (secondary N) is 1. The van der Waals surface area contributed by atoms with Crippen molar-refractivity contribution in [2.45, 2.75) is 128 Å². The van der Waals surface area contributed by atoms with Gasteiger partial charge in [0.2, 0.25) is 0 Å². The second-order valence-electron chi connectivity index (χ2n) is 11.3. The molecule has 51 heavy (non-hydrogen) atoms. The molecule has 0 aromatic rings. The summed E-state index contributed by atoms with van der Waals surface area (Å²) in [6.45, 7) is 6.29. The quantitative estimate of drug-likeness (QED) is 0.0784. The molecule has 0 bridgehead atoms. The molecule has 1 saturated heterocycles. The minimum Gasteiger partial charge on any atom is -0.460 e. The Labute approximate surface area is 289 Å². The van der Waals surface area contributed by atoms with Crippen molar-refractivity contribution in [2.75, 3.05) is 6.54 Å². The van der Waals surface area contributed by atoms with Crippen molar-refractivity contribution < 1.29 is 67.0 Å². The van der Waals surface area contributed by atoms with Gasteiger partial charge in [-0.1, -0.05) is 15.3 Å². The summed E-state index contributed by atoms with van der Waals surface area (Å²) in [4.78, 5) is 81.3. The van der Waals surface area contributed by atoms with Crippen molar-refractivity contribution in [3.8, 4) is 0 Å². The third-order valence-corrected chi connectivity index (χ3v) is 7.38. The molecule has 2 rings (SSSR count). The van der Waals surface area contributed by atoms with E-state index in [9.17, 15) is 44.9 Å². The summed E-state index contributed by atoms with van der Waals surface area (Å²) < 4.78 is 38.4. The number of ether oxygens (including phenoxy) is 7. The van der Waals surface area contributed by atoms with Gasteiger partial charge in [-0.2, -0.15) is 0 Å². The molecular formula is C27H38N10O14. The third kappa shape index (κ3) is 12.2. The fourth-order valence-electron chi connectivity index (χ4n) is 5.61. The molecular weight excluding hydrogens is 688 g/mol. The largest absolute Gasteiger partial charge is 0.460 e. The highest BCUT2D eigenvalue weighted by atomic mass is 16.7. The molecule has 12 atom stereocenters. The maximum Gasteiger partial charge on any atom is 0.303 e. The molecule has 0 radical (unpaired) electrons. The van der Waals surface area contributed by atoms with Crippen LogP contribution in [0.15, 0.2) is 15.3 Å². The lowest BCUT2D eigenvalue weighted by Crippen LogP contribution is -2.67. The van der Waals surface area contributed by atoms with Gasteiger partial charge in [0.1, 0.15) is 24.4 Å². The highest BCUT2D eigenvalue weighted by Gasteiger charge is 2.55. The smallest absolute Gasteiger partial charge is 0.303 e. The van der Waals surface area contributed by atoms with Crippen LogP contribution in [0.5, 0.6) is 0 Å². The Morgan fingerprint density at radius 2 is 1.37 bits per heavy atom. The van der Waals surface area contributed by atoms with E-state index in [0.717, 1.165) is 34.6 Å². The van der Waals surface area contributed by atoms with E-state index in [1.807, 2.05) is 0 Å². The molecule has 1 heterocycles. The molecule has 0 spiro atoms. The number of nitrogens with zero attached hydrogens (tertiary/aromatic N) is 9. The summed E-state index contributed by atoms with van der Waals surface area (Å²) in [7, 11) is 0. The van der Waals surface area contributed by atoms with Gasteiger partial charge in [0.05, 0.1) is 18.2 Å². The maximum atomic E-state index is 13.2. The lowest BCUT2D eigenvalue weighted by Gasteiger charge is -2.48. The van der Waals surface area contributed by atoms with Gasteiger partial charge in [-0.3, -0.25) is 28.8 Å². The number of carbonyl (C=O) groups is 6. The topological polar surface area (TPSA) is 346 Å². The number of aliphatic hydroxyl groups excluding tert-OH is 1. The number of aliphatic hydroxyl groups is 1. The maximum absolute atomic E-state index is 13.2. The van der Waals surface area contributed by atoms with Crippen LogP contribution in [0, 0.1) is 0 Å². The van der Waals surface area contributed by atoms with Gasteiger partial charge in [-0.05, 0) is 36.4 Å². The van der Waals surface area contributed by atoms with Crippen molar-refractivity contribution in [1.29, 1.82) is 0 Å². The average molecular weight is 727 g/mol. The molecule has 280 valence electrons. The Kier molecular flexibility index (Phi) is 16.2. The fourth-order valence-corrected chi connectivity index (χ4v) is 5.61. The lowest BCUT2D eigenvalue weighted by atomic mass is 9.83. The van der Waals surface area contributed by atoms with Gasteiger partial charge in [0.25, 0.3) is 5.91 Å². The molecule has 1 aliphatic heterocycles. The second kappa shape index (κ2) is 19.7. The summed E-state index contributed by atoms with van der Waals surface area (Å²) in [5, 5.41) is 24.7. The number of hydrogen-bond donors (Lipinski definition) is 2. The van der Waals surface area contributed by atoms with Crippen LogP contribution in [-0.4, -0.2) is 121 Å². The second-order valence-corrected chi connectivity index (χ2v) is 11.3. The van der Waals surface area contributed by atoms with Gasteiger partial charge >= 0.3 is 29.8 Å². The van der Waals surface area contributed by atoms with Gasteiger partial charge in [0.15, 0.2) is 30.7 Å². The van der Waals surface area contributed by atoms with E-state index >= 15 is 0 Å². The molecule has 4 unspecified atom stereocenters. The zero-order valence-electron chi connectivity index (χ0n) is 28.3. The first-order chi connectivity index (χ1) is 24.0. The van der Waals surface area contributed by atoms with Crippen LogP contribution in [0.25, 0.3) is 31.3 Å². The van der Waals surface area contributed by atoms with E-state index in [-0.39, 0.29) is 19.4 Å². The van der Waals surface area contributed by atoms with Gasteiger partial charge in [-0.25, -0.2) is 0 Å². The Balaban J connectivity index is 2.59. The van der Waals surface area contributed by atoms with Crippen molar-refractivity contribution in [3.05, 3.63) is 31.3 Å². The highest BCUT2D eigenvalue weighted by Crippen LogP contribution is 2.36.